The Labute approximate surface area is 122 Å². The van der Waals surface area contributed by atoms with Crippen LogP contribution in [0.25, 0.3) is 0 Å². The molecule has 0 aliphatic rings. The highest BCUT2D eigenvalue weighted by Crippen LogP contribution is 2.20. The van der Waals surface area contributed by atoms with Crippen molar-refractivity contribution < 1.29 is 13.9 Å². The fraction of sp³-hybridized carbons (Fsp3) is 0.188. The van der Waals surface area contributed by atoms with E-state index in [-0.39, 0.29) is 18.0 Å². The third-order valence-corrected chi connectivity index (χ3v) is 3.16. The van der Waals surface area contributed by atoms with Crippen LogP contribution in [0.2, 0.25) is 5.02 Å². The molecule has 2 aromatic carbocycles. The number of benzene rings is 2. The minimum absolute atomic E-state index is 0.0971. The van der Waals surface area contributed by atoms with Gasteiger partial charge in [0.2, 0.25) is 0 Å². The number of ketones is 1. The van der Waals surface area contributed by atoms with Gasteiger partial charge in [-0.05, 0) is 48.4 Å². The number of hydrogen-bond acceptors (Lipinski definition) is 2. The Kier molecular flexibility index (Phi) is 4.40. The summed E-state index contributed by atoms with van der Waals surface area (Å²) in [6.07, 6.45) is 0.126. The van der Waals surface area contributed by atoms with E-state index in [0.717, 1.165) is 5.56 Å². The lowest BCUT2D eigenvalue weighted by Crippen LogP contribution is -2.04. The number of carbonyl (C=O) groups excluding carboxylic acids is 1. The topological polar surface area (TPSA) is 26.3 Å². The fourth-order valence-corrected chi connectivity index (χ4v) is 2.29. The minimum Gasteiger partial charge on any atom is -0.494 e. The number of rotatable bonds is 4. The van der Waals surface area contributed by atoms with Crippen molar-refractivity contribution in [2.75, 3.05) is 7.11 Å². The number of Topliss-reactive ketones (excluding diaryl/α,β-unsaturated/α-hetero) is 1. The zero-order chi connectivity index (χ0) is 14.7. The molecule has 0 saturated heterocycles. The van der Waals surface area contributed by atoms with Crippen molar-refractivity contribution in [1.82, 2.24) is 0 Å². The molecule has 104 valence electrons. The molecule has 0 heterocycles. The van der Waals surface area contributed by atoms with Gasteiger partial charge in [0.1, 0.15) is 0 Å². The first kappa shape index (κ1) is 14.5. The number of carbonyl (C=O) groups is 1. The number of halogens is 2. The second-order valence-electron chi connectivity index (χ2n) is 4.59. The predicted molar refractivity (Wildman–Crippen MR) is 77.2 cm³/mol. The lowest BCUT2D eigenvalue weighted by Gasteiger charge is -2.06. The van der Waals surface area contributed by atoms with Crippen LogP contribution in [-0.2, 0) is 6.42 Å². The molecule has 0 amide bonds. The second-order valence-corrected chi connectivity index (χ2v) is 5.02. The summed E-state index contributed by atoms with van der Waals surface area (Å²) in [6, 6.07) is 9.68. The van der Waals surface area contributed by atoms with Crippen LogP contribution >= 0.6 is 11.6 Å². The van der Waals surface area contributed by atoms with Crippen LogP contribution in [0, 0.1) is 12.7 Å². The molecule has 0 fully saturated rings. The Morgan fingerprint density at radius 1 is 1.25 bits per heavy atom. The Morgan fingerprint density at radius 3 is 2.60 bits per heavy atom. The Balaban J connectivity index is 2.21. The van der Waals surface area contributed by atoms with E-state index in [0.29, 0.717) is 16.1 Å². The third kappa shape index (κ3) is 3.36. The summed E-state index contributed by atoms with van der Waals surface area (Å²) in [4.78, 5) is 12.2. The molecule has 0 spiro atoms. The summed E-state index contributed by atoms with van der Waals surface area (Å²) >= 11 is 5.93. The molecule has 0 bridgehead atoms. The van der Waals surface area contributed by atoms with Crippen LogP contribution < -0.4 is 4.74 Å². The van der Waals surface area contributed by atoms with Crippen molar-refractivity contribution in [2.45, 2.75) is 13.3 Å². The van der Waals surface area contributed by atoms with Crippen molar-refractivity contribution in [3.8, 4) is 5.75 Å². The molecule has 20 heavy (non-hydrogen) atoms. The molecule has 0 saturated carbocycles. The molecule has 0 aliphatic carbocycles. The number of hydrogen-bond donors (Lipinski definition) is 0. The summed E-state index contributed by atoms with van der Waals surface area (Å²) in [5.41, 5.74) is 2.05. The Bertz CT molecular complexity index is 633. The summed E-state index contributed by atoms with van der Waals surface area (Å²) in [5.74, 6) is -0.403. The van der Waals surface area contributed by atoms with Crippen LogP contribution in [0.5, 0.6) is 5.75 Å². The van der Waals surface area contributed by atoms with Crippen LogP contribution in [-0.4, -0.2) is 12.9 Å². The first-order chi connectivity index (χ1) is 9.49. The normalized spacial score (nSPS) is 10.4. The maximum atomic E-state index is 13.6. The van der Waals surface area contributed by atoms with Gasteiger partial charge in [0, 0.05) is 17.0 Å². The monoisotopic (exact) mass is 292 g/mol. The van der Waals surface area contributed by atoms with E-state index in [4.69, 9.17) is 16.3 Å². The van der Waals surface area contributed by atoms with Crippen molar-refractivity contribution in [1.29, 1.82) is 0 Å². The van der Waals surface area contributed by atoms with E-state index >= 15 is 0 Å². The molecule has 0 atom stereocenters. The molecule has 0 radical (unpaired) electrons. The molecule has 4 heteroatoms. The van der Waals surface area contributed by atoms with Gasteiger partial charge in [0.05, 0.1) is 7.11 Å². The lowest BCUT2D eigenvalue weighted by molar-refractivity contribution is 0.0993. The molecule has 2 rings (SSSR count). The molecule has 2 aromatic rings. The molecule has 0 aliphatic heterocycles. The maximum Gasteiger partial charge on any atom is 0.167 e. The van der Waals surface area contributed by atoms with E-state index in [1.165, 1.54) is 19.2 Å². The zero-order valence-corrected chi connectivity index (χ0v) is 12.0. The highest BCUT2D eigenvalue weighted by atomic mass is 35.5. The van der Waals surface area contributed by atoms with Crippen LogP contribution in [0.1, 0.15) is 21.5 Å². The lowest BCUT2D eigenvalue weighted by atomic mass is 10.0. The van der Waals surface area contributed by atoms with Gasteiger partial charge in [0.15, 0.2) is 17.3 Å². The van der Waals surface area contributed by atoms with Gasteiger partial charge in [-0.3, -0.25) is 4.79 Å². The predicted octanol–water partition coefficient (Wildman–Crippen LogP) is 4.22. The van der Waals surface area contributed by atoms with E-state index in [2.05, 4.69) is 0 Å². The van der Waals surface area contributed by atoms with Gasteiger partial charge in [-0.15, -0.1) is 0 Å². The second kappa shape index (κ2) is 6.06. The van der Waals surface area contributed by atoms with E-state index in [1.54, 1.807) is 24.3 Å². The van der Waals surface area contributed by atoms with Crippen LogP contribution in [0.15, 0.2) is 36.4 Å². The van der Waals surface area contributed by atoms with Crippen molar-refractivity contribution >= 4 is 17.4 Å². The summed E-state index contributed by atoms with van der Waals surface area (Å²) in [5, 5.41) is 0.522. The number of methoxy groups -OCH3 is 1. The Hall–Kier alpha value is -1.87. The average Bonchev–Trinajstić information content (AvgIpc) is 2.37. The first-order valence-corrected chi connectivity index (χ1v) is 6.50. The largest absolute Gasteiger partial charge is 0.494 e. The zero-order valence-electron chi connectivity index (χ0n) is 11.2. The number of ether oxygens (including phenoxy) is 1. The number of aryl methyl sites for hydroxylation is 1. The molecule has 0 aromatic heterocycles. The highest BCUT2D eigenvalue weighted by Gasteiger charge is 2.11. The fourth-order valence-electron chi connectivity index (χ4n) is 2.00. The third-order valence-electron chi connectivity index (χ3n) is 2.94. The van der Waals surface area contributed by atoms with Crippen molar-refractivity contribution in [3.05, 3.63) is 63.9 Å². The maximum absolute atomic E-state index is 13.6. The van der Waals surface area contributed by atoms with E-state index in [9.17, 15) is 9.18 Å². The van der Waals surface area contributed by atoms with E-state index in [1.807, 2.05) is 6.92 Å². The minimum atomic E-state index is -0.472. The average molecular weight is 293 g/mol. The SMILES string of the molecule is COc1ccc(CC(=O)c2cc(C)cc(Cl)c2)cc1F. The molecular weight excluding hydrogens is 279 g/mol. The van der Waals surface area contributed by atoms with Gasteiger partial charge < -0.3 is 4.74 Å². The van der Waals surface area contributed by atoms with Crippen molar-refractivity contribution in [3.63, 3.8) is 0 Å². The van der Waals surface area contributed by atoms with Gasteiger partial charge in [-0.1, -0.05) is 17.7 Å². The van der Waals surface area contributed by atoms with Crippen LogP contribution in [0.3, 0.4) is 0 Å². The summed E-state index contributed by atoms with van der Waals surface area (Å²) in [7, 11) is 1.40. The smallest absolute Gasteiger partial charge is 0.167 e. The van der Waals surface area contributed by atoms with Gasteiger partial charge >= 0.3 is 0 Å². The van der Waals surface area contributed by atoms with Crippen LogP contribution in [0.4, 0.5) is 4.39 Å². The Morgan fingerprint density at radius 2 is 2.00 bits per heavy atom. The van der Waals surface area contributed by atoms with Gasteiger partial charge in [-0.25, -0.2) is 4.39 Å². The van der Waals surface area contributed by atoms with Crippen molar-refractivity contribution in [2.24, 2.45) is 0 Å². The summed E-state index contributed by atoms with van der Waals surface area (Å²) in [6.45, 7) is 1.87. The first-order valence-electron chi connectivity index (χ1n) is 6.12. The quantitative estimate of drug-likeness (QED) is 0.789. The standard InChI is InChI=1S/C16H14ClFO2/c1-10-5-12(9-13(17)6-10)15(19)8-11-3-4-16(20-2)14(18)7-11/h3-7,9H,8H2,1-2H3. The molecule has 0 N–H and O–H groups in total. The molecular formula is C16H14ClFO2. The highest BCUT2D eigenvalue weighted by molar-refractivity contribution is 6.31. The molecule has 0 unspecified atom stereocenters. The molecule has 2 nitrogen and oxygen atoms in total. The van der Waals surface area contributed by atoms with Gasteiger partial charge in [-0.2, -0.15) is 0 Å². The van der Waals surface area contributed by atoms with Gasteiger partial charge in [0.25, 0.3) is 0 Å². The summed E-state index contributed by atoms with van der Waals surface area (Å²) < 4.78 is 18.4. The van der Waals surface area contributed by atoms with E-state index < -0.39 is 5.82 Å².